The van der Waals surface area contributed by atoms with Crippen LogP contribution in [0.15, 0.2) is 29.8 Å². The summed E-state index contributed by atoms with van der Waals surface area (Å²) >= 11 is 0. The molecule has 2 unspecified atom stereocenters. The maximum atomic E-state index is 14.1. The number of nitrogens with one attached hydrogen (secondary N) is 1. The van der Waals surface area contributed by atoms with Gasteiger partial charge in [-0.05, 0) is 55.5 Å². The lowest BCUT2D eigenvalue weighted by Crippen LogP contribution is -2.46. The number of unbranched alkanes of at least 4 members (excludes halogenated alkanes) is 7. The number of carbonyl (C=O) groups is 1. The number of anilines is 1. The summed E-state index contributed by atoms with van der Waals surface area (Å²) in [6, 6.07) is 3.86. The lowest BCUT2D eigenvalue weighted by atomic mass is 9.93. The summed E-state index contributed by atoms with van der Waals surface area (Å²) in [6.45, 7) is 3.01. The van der Waals surface area contributed by atoms with E-state index in [1.54, 1.807) is 6.92 Å². The number of rotatable bonds is 16. The second kappa shape index (κ2) is 14.2. The van der Waals surface area contributed by atoms with Gasteiger partial charge in [-0.2, -0.15) is 0 Å². The van der Waals surface area contributed by atoms with Crippen LogP contribution in [0, 0.1) is 5.82 Å². The molecule has 4 atom stereocenters. The Kier molecular flexibility index (Phi) is 11.5. The molecule has 1 heterocycles. The Morgan fingerprint density at radius 3 is 2.35 bits per heavy atom. The first-order chi connectivity index (χ1) is 19.0. The molecule has 1 aliphatic carbocycles. The Bertz CT molecular complexity index is 1140. The van der Waals surface area contributed by atoms with Crippen molar-refractivity contribution in [3.63, 3.8) is 0 Å². The number of hydrogen-bond donors (Lipinski definition) is 4. The molecule has 0 amide bonds. The summed E-state index contributed by atoms with van der Waals surface area (Å²) in [4.78, 5) is 12.2. The molecule has 9 nitrogen and oxygen atoms in total. The Labute approximate surface area is 236 Å². The molecule has 0 saturated carbocycles. The van der Waals surface area contributed by atoms with Gasteiger partial charge in [0.1, 0.15) is 22.8 Å². The van der Waals surface area contributed by atoms with Crippen molar-refractivity contribution in [1.82, 2.24) is 0 Å². The highest BCUT2D eigenvalue weighted by atomic mass is 32.2. The van der Waals surface area contributed by atoms with Crippen LogP contribution in [-0.4, -0.2) is 65.7 Å². The van der Waals surface area contributed by atoms with E-state index in [1.165, 1.54) is 43.9 Å². The largest absolute Gasteiger partial charge is 0.478 e. The van der Waals surface area contributed by atoms with Crippen LogP contribution in [0.5, 0.6) is 0 Å². The van der Waals surface area contributed by atoms with Crippen LogP contribution in [-0.2, 0) is 30.7 Å². The molecule has 0 aromatic heterocycles. The molecule has 1 aromatic carbocycles. The van der Waals surface area contributed by atoms with Crippen molar-refractivity contribution < 1.29 is 42.4 Å². The van der Waals surface area contributed by atoms with Gasteiger partial charge in [-0.3, -0.25) is 4.72 Å². The van der Waals surface area contributed by atoms with E-state index in [2.05, 4.69) is 11.6 Å². The smallest absolute Gasteiger partial charge is 0.332 e. The topological polar surface area (TPSA) is 142 Å². The van der Waals surface area contributed by atoms with Gasteiger partial charge in [0.25, 0.3) is 0 Å². The fraction of sp³-hybridized carbons (Fsp3) is 0.690. The fourth-order valence-electron chi connectivity index (χ4n) is 5.66. The third-order valence-corrected chi connectivity index (χ3v) is 9.80. The Morgan fingerprint density at radius 1 is 1.10 bits per heavy atom. The number of halogens is 1. The Morgan fingerprint density at radius 2 is 1.77 bits per heavy atom. The number of ether oxygens (including phenoxy) is 2. The molecule has 1 saturated heterocycles. The fourth-order valence-corrected chi connectivity index (χ4v) is 7.24. The minimum absolute atomic E-state index is 0.00212. The monoisotopic (exact) mass is 585 g/mol. The number of carboxylic acids is 1. The molecule has 226 valence electrons. The summed E-state index contributed by atoms with van der Waals surface area (Å²) in [5, 5.41) is 28.3. The van der Waals surface area contributed by atoms with Crippen molar-refractivity contribution in [2.24, 2.45) is 0 Å². The molecule has 2 aliphatic rings. The lowest BCUT2D eigenvalue weighted by molar-refractivity contribution is -0.171. The van der Waals surface area contributed by atoms with E-state index in [0.717, 1.165) is 31.8 Å². The van der Waals surface area contributed by atoms with Crippen LogP contribution < -0.4 is 4.72 Å². The number of hydrogen-bond acceptors (Lipinski definition) is 7. The van der Waals surface area contributed by atoms with Gasteiger partial charge < -0.3 is 24.8 Å². The number of aryl methyl sites for hydroxylation is 1. The summed E-state index contributed by atoms with van der Waals surface area (Å²) in [6.07, 6.45) is 9.67. The van der Waals surface area contributed by atoms with Gasteiger partial charge in [0.05, 0.1) is 24.5 Å². The predicted molar refractivity (Wildman–Crippen MR) is 150 cm³/mol. The van der Waals surface area contributed by atoms with Crippen molar-refractivity contribution in [2.45, 2.75) is 114 Å². The minimum Gasteiger partial charge on any atom is -0.478 e. The van der Waals surface area contributed by atoms with Crippen LogP contribution in [0.25, 0.3) is 0 Å². The highest BCUT2D eigenvalue weighted by Gasteiger charge is 2.57. The summed E-state index contributed by atoms with van der Waals surface area (Å²) in [5.41, 5.74) is -0.913. The van der Waals surface area contributed by atoms with Crippen molar-refractivity contribution in [1.29, 1.82) is 0 Å². The maximum Gasteiger partial charge on any atom is 0.332 e. The zero-order valence-electron chi connectivity index (χ0n) is 23.5. The van der Waals surface area contributed by atoms with Crippen LogP contribution >= 0.6 is 0 Å². The standard InChI is InChI=1S/C29H44FNO8S/c1-3-5-6-7-8-9-10-11-12-21-17-22(30)13-14-24(21)31-40(36,37)25-15-16-29(18-23(25)27(34)35)38-26(19-32)28(4-2,20-33)39-29/h13-14,17-18,25-26,31-33H,3-12,15-16,19-20H2,1-2H3,(H,34,35)/t25?,26-,28-,29?/m1/s1. The van der Waals surface area contributed by atoms with Gasteiger partial charge in [0, 0.05) is 6.42 Å². The van der Waals surface area contributed by atoms with Gasteiger partial charge >= 0.3 is 5.97 Å². The molecule has 1 spiro atoms. The van der Waals surface area contributed by atoms with Crippen LogP contribution in [0.3, 0.4) is 0 Å². The predicted octanol–water partition coefficient (Wildman–Crippen LogP) is 4.67. The number of aliphatic hydroxyl groups is 2. The minimum atomic E-state index is -4.25. The van der Waals surface area contributed by atoms with Crippen molar-refractivity contribution in [2.75, 3.05) is 17.9 Å². The zero-order valence-corrected chi connectivity index (χ0v) is 24.3. The molecule has 3 rings (SSSR count). The van der Waals surface area contributed by atoms with E-state index < -0.39 is 63.3 Å². The van der Waals surface area contributed by atoms with Gasteiger partial charge in [-0.25, -0.2) is 17.6 Å². The molecule has 1 aromatic rings. The normalized spacial score (nSPS) is 26.7. The van der Waals surface area contributed by atoms with Crippen molar-refractivity contribution in [3.8, 4) is 0 Å². The highest BCUT2D eigenvalue weighted by Crippen LogP contribution is 2.46. The number of carboxylic acid groups (broad SMARTS) is 1. The van der Waals surface area contributed by atoms with Crippen LogP contribution in [0.2, 0.25) is 0 Å². The second-order valence-electron chi connectivity index (χ2n) is 10.9. The van der Waals surface area contributed by atoms with E-state index in [1.807, 2.05) is 0 Å². The van der Waals surface area contributed by atoms with E-state index in [9.17, 15) is 32.9 Å². The van der Waals surface area contributed by atoms with Gasteiger partial charge in [-0.1, -0.05) is 58.8 Å². The molecule has 11 heteroatoms. The average Bonchev–Trinajstić information content (AvgIpc) is 3.24. The first-order valence-electron chi connectivity index (χ1n) is 14.4. The SMILES string of the molecule is CCCCCCCCCCc1cc(F)ccc1NS(=O)(=O)C1CCC2(C=C1C(=O)O)O[C@H](CO)[C@@](CC)(CO)O2. The first kappa shape index (κ1) is 32.5. The number of sulfonamides is 1. The molecule has 1 fully saturated rings. The van der Waals surface area contributed by atoms with Crippen LogP contribution in [0.4, 0.5) is 10.1 Å². The van der Waals surface area contributed by atoms with Gasteiger partial charge in [-0.15, -0.1) is 0 Å². The van der Waals surface area contributed by atoms with E-state index >= 15 is 0 Å². The molecular weight excluding hydrogens is 541 g/mol. The molecule has 0 bridgehead atoms. The highest BCUT2D eigenvalue weighted by molar-refractivity contribution is 7.93. The number of benzene rings is 1. The van der Waals surface area contributed by atoms with Crippen molar-refractivity contribution >= 4 is 21.7 Å². The third kappa shape index (κ3) is 7.61. The Hall–Kier alpha value is -2.05. The molecule has 1 aliphatic heterocycles. The van der Waals surface area contributed by atoms with E-state index in [-0.39, 0.29) is 18.5 Å². The lowest BCUT2D eigenvalue weighted by Gasteiger charge is -2.34. The van der Waals surface area contributed by atoms with E-state index in [0.29, 0.717) is 18.4 Å². The van der Waals surface area contributed by atoms with Gasteiger partial charge in [0.2, 0.25) is 10.0 Å². The Balaban J connectivity index is 1.75. The summed E-state index contributed by atoms with van der Waals surface area (Å²) in [5.74, 6) is -3.50. The summed E-state index contributed by atoms with van der Waals surface area (Å²) < 4.78 is 55.5. The molecular formula is C29H44FNO8S. The molecule has 40 heavy (non-hydrogen) atoms. The zero-order chi connectivity index (χ0) is 29.4. The molecule has 0 radical (unpaired) electrons. The quantitative estimate of drug-likeness (QED) is 0.205. The number of aliphatic hydroxyl groups excluding tert-OH is 2. The second-order valence-corrected chi connectivity index (χ2v) is 12.7. The average molecular weight is 586 g/mol. The van der Waals surface area contributed by atoms with Crippen molar-refractivity contribution in [3.05, 3.63) is 41.2 Å². The number of aliphatic carboxylic acids is 1. The first-order valence-corrected chi connectivity index (χ1v) is 16.0. The summed E-state index contributed by atoms with van der Waals surface area (Å²) in [7, 11) is -4.25. The van der Waals surface area contributed by atoms with Crippen LogP contribution in [0.1, 0.15) is 90.0 Å². The van der Waals surface area contributed by atoms with E-state index in [4.69, 9.17) is 9.47 Å². The van der Waals surface area contributed by atoms with Gasteiger partial charge in [0.15, 0.2) is 5.79 Å². The maximum absolute atomic E-state index is 14.1. The third-order valence-electron chi connectivity index (χ3n) is 8.05. The molecule has 4 N–H and O–H groups in total.